The molecule has 0 fully saturated rings. The van der Waals surface area contributed by atoms with E-state index in [2.05, 4.69) is 21.3 Å². The SMILES string of the molecule is C#CCC(Nc1nccn2nc(C)cc12)C(=O)O. The summed E-state index contributed by atoms with van der Waals surface area (Å²) < 4.78 is 1.64. The van der Waals surface area contributed by atoms with E-state index in [1.165, 1.54) is 0 Å². The van der Waals surface area contributed by atoms with Gasteiger partial charge >= 0.3 is 5.97 Å². The Hall–Kier alpha value is -2.55. The fourth-order valence-electron chi connectivity index (χ4n) is 1.64. The Labute approximate surface area is 104 Å². The number of aryl methyl sites for hydroxylation is 1. The number of hydrogen-bond acceptors (Lipinski definition) is 4. The molecule has 0 amide bonds. The van der Waals surface area contributed by atoms with Crippen molar-refractivity contribution in [3.63, 3.8) is 0 Å². The Kier molecular flexibility index (Phi) is 3.15. The number of fused-ring (bicyclic) bond motifs is 1. The highest BCUT2D eigenvalue weighted by atomic mass is 16.4. The Morgan fingerprint density at radius 3 is 3.17 bits per heavy atom. The number of carboxylic acids is 1. The first kappa shape index (κ1) is 11.9. The van der Waals surface area contributed by atoms with Gasteiger partial charge in [-0.05, 0) is 13.0 Å². The molecule has 18 heavy (non-hydrogen) atoms. The number of nitrogens with zero attached hydrogens (tertiary/aromatic N) is 3. The maximum atomic E-state index is 11.0. The van der Waals surface area contributed by atoms with Crippen molar-refractivity contribution in [2.24, 2.45) is 0 Å². The molecule has 6 nitrogen and oxygen atoms in total. The van der Waals surface area contributed by atoms with Gasteiger partial charge < -0.3 is 10.4 Å². The number of carbonyl (C=O) groups is 1. The summed E-state index contributed by atoms with van der Waals surface area (Å²) in [5, 5.41) is 16.1. The molecule has 0 aliphatic heterocycles. The third-order valence-corrected chi connectivity index (χ3v) is 2.44. The van der Waals surface area contributed by atoms with Crippen LogP contribution in [0, 0.1) is 19.3 Å². The molecule has 0 saturated heterocycles. The lowest BCUT2D eigenvalue weighted by molar-refractivity contribution is -0.137. The van der Waals surface area contributed by atoms with E-state index in [4.69, 9.17) is 11.5 Å². The summed E-state index contributed by atoms with van der Waals surface area (Å²) in [6.07, 6.45) is 8.49. The van der Waals surface area contributed by atoms with Gasteiger partial charge in [0.2, 0.25) is 0 Å². The molecule has 0 aliphatic rings. The van der Waals surface area contributed by atoms with Crippen LogP contribution in [0.2, 0.25) is 0 Å². The number of aromatic nitrogens is 3. The van der Waals surface area contributed by atoms with Gasteiger partial charge in [0.25, 0.3) is 0 Å². The molecule has 2 heterocycles. The molecule has 0 spiro atoms. The van der Waals surface area contributed by atoms with Gasteiger partial charge in [0, 0.05) is 18.8 Å². The van der Waals surface area contributed by atoms with Crippen LogP contribution >= 0.6 is 0 Å². The van der Waals surface area contributed by atoms with E-state index in [1.807, 2.05) is 13.0 Å². The molecule has 0 radical (unpaired) electrons. The predicted molar refractivity (Wildman–Crippen MR) is 66.2 cm³/mol. The van der Waals surface area contributed by atoms with Crippen molar-refractivity contribution in [2.75, 3.05) is 5.32 Å². The van der Waals surface area contributed by atoms with E-state index in [-0.39, 0.29) is 6.42 Å². The highest BCUT2D eigenvalue weighted by molar-refractivity contribution is 5.80. The minimum absolute atomic E-state index is 0.0885. The standard InChI is InChI=1S/C12H12N4O2/c1-3-4-9(12(17)18)14-11-10-7-8(2)15-16(10)6-5-13-11/h1,5-7,9H,4H2,2H3,(H,13,14)(H,17,18). The maximum absolute atomic E-state index is 11.0. The van der Waals surface area contributed by atoms with Crippen LogP contribution in [0.15, 0.2) is 18.5 Å². The molecule has 6 heteroatoms. The van der Waals surface area contributed by atoms with E-state index >= 15 is 0 Å². The van der Waals surface area contributed by atoms with Crippen molar-refractivity contribution in [3.05, 3.63) is 24.2 Å². The molecule has 0 saturated carbocycles. The average Bonchev–Trinajstić information content (AvgIpc) is 2.69. The van der Waals surface area contributed by atoms with Crippen LogP contribution in [0.25, 0.3) is 5.52 Å². The van der Waals surface area contributed by atoms with Crippen molar-refractivity contribution >= 4 is 17.3 Å². The Morgan fingerprint density at radius 2 is 2.50 bits per heavy atom. The van der Waals surface area contributed by atoms with Gasteiger partial charge in [-0.2, -0.15) is 5.10 Å². The lowest BCUT2D eigenvalue weighted by Gasteiger charge is -2.12. The zero-order valence-electron chi connectivity index (χ0n) is 9.79. The number of hydrogen-bond donors (Lipinski definition) is 2. The van der Waals surface area contributed by atoms with Gasteiger partial charge in [0.15, 0.2) is 5.82 Å². The van der Waals surface area contributed by atoms with Crippen molar-refractivity contribution < 1.29 is 9.90 Å². The predicted octanol–water partition coefficient (Wildman–Crippen LogP) is 0.926. The second-order valence-electron chi connectivity index (χ2n) is 3.83. The van der Waals surface area contributed by atoms with Crippen LogP contribution in [0.5, 0.6) is 0 Å². The van der Waals surface area contributed by atoms with Crippen LogP contribution in [0.4, 0.5) is 5.82 Å². The van der Waals surface area contributed by atoms with E-state index in [9.17, 15) is 4.79 Å². The molecular weight excluding hydrogens is 232 g/mol. The molecule has 1 atom stereocenters. The average molecular weight is 244 g/mol. The zero-order chi connectivity index (χ0) is 13.1. The summed E-state index contributed by atoms with van der Waals surface area (Å²) >= 11 is 0. The van der Waals surface area contributed by atoms with E-state index in [0.29, 0.717) is 5.82 Å². The molecule has 0 aliphatic carbocycles. The first-order valence-electron chi connectivity index (χ1n) is 5.35. The second kappa shape index (κ2) is 4.75. The molecule has 2 rings (SSSR count). The zero-order valence-corrected chi connectivity index (χ0v) is 9.79. The van der Waals surface area contributed by atoms with Gasteiger partial charge in [-0.3, -0.25) is 0 Å². The van der Waals surface area contributed by atoms with Gasteiger partial charge in [-0.15, -0.1) is 12.3 Å². The third kappa shape index (κ3) is 2.25. The molecule has 92 valence electrons. The van der Waals surface area contributed by atoms with Crippen LogP contribution in [-0.2, 0) is 4.79 Å². The van der Waals surface area contributed by atoms with Crippen LogP contribution in [0.3, 0.4) is 0 Å². The molecule has 2 aromatic heterocycles. The molecule has 2 N–H and O–H groups in total. The number of aliphatic carboxylic acids is 1. The van der Waals surface area contributed by atoms with Gasteiger partial charge in [-0.1, -0.05) is 0 Å². The monoisotopic (exact) mass is 244 g/mol. The van der Waals surface area contributed by atoms with Crippen molar-refractivity contribution in [1.29, 1.82) is 0 Å². The van der Waals surface area contributed by atoms with Crippen LogP contribution < -0.4 is 5.32 Å². The summed E-state index contributed by atoms with van der Waals surface area (Å²) in [4.78, 5) is 15.1. The molecule has 1 unspecified atom stereocenters. The highest BCUT2D eigenvalue weighted by Gasteiger charge is 2.18. The second-order valence-corrected chi connectivity index (χ2v) is 3.83. The number of carboxylic acid groups (broad SMARTS) is 1. The fraction of sp³-hybridized carbons (Fsp3) is 0.250. The van der Waals surface area contributed by atoms with E-state index in [0.717, 1.165) is 11.2 Å². The summed E-state index contributed by atoms with van der Waals surface area (Å²) in [6.45, 7) is 1.85. The molecule has 2 aromatic rings. The molecule has 0 aromatic carbocycles. The number of nitrogens with one attached hydrogen (secondary N) is 1. The van der Waals surface area contributed by atoms with Crippen LogP contribution in [-0.4, -0.2) is 31.7 Å². The minimum atomic E-state index is -1.01. The van der Waals surface area contributed by atoms with Crippen molar-refractivity contribution in [1.82, 2.24) is 14.6 Å². The third-order valence-electron chi connectivity index (χ3n) is 2.44. The first-order chi connectivity index (χ1) is 8.61. The fourth-order valence-corrected chi connectivity index (χ4v) is 1.64. The molecular formula is C12H12N4O2. The maximum Gasteiger partial charge on any atom is 0.327 e. The van der Waals surface area contributed by atoms with Gasteiger partial charge in [0.1, 0.15) is 11.6 Å². The van der Waals surface area contributed by atoms with E-state index < -0.39 is 12.0 Å². The normalized spacial score (nSPS) is 12.0. The summed E-state index contributed by atoms with van der Waals surface area (Å²) in [5.74, 6) is 1.78. The highest BCUT2D eigenvalue weighted by Crippen LogP contribution is 2.16. The summed E-state index contributed by atoms with van der Waals surface area (Å²) in [5.41, 5.74) is 1.55. The van der Waals surface area contributed by atoms with Crippen molar-refractivity contribution in [3.8, 4) is 12.3 Å². The van der Waals surface area contributed by atoms with E-state index in [1.54, 1.807) is 16.9 Å². The Morgan fingerprint density at radius 1 is 1.72 bits per heavy atom. The first-order valence-corrected chi connectivity index (χ1v) is 5.35. The minimum Gasteiger partial charge on any atom is -0.480 e. The number of terminal acetylenes is 1. The smallest absolute Gasteiger partial charge is 0.327 e. The number of rotatable bonds is 4. The lowest BCUT2D eigenvalue weighted by Crippen LogP contribution is -2.29. The Balaban J connectivity index is 2.36. The van der Waals surface area contributed by atoms with Gasteiger partial charge in [-0.25, -0.2) is 14.3 Å². The summed E-state index contributed by atoms with van der Waals surface area (Å²) in [6, 6.07) is 0.966. The topological polar surface area (TPSA) is 79.5 Å². The van der Waals surface area contributed by atoms with Crippen LogP contribution in [0.1, 0.15) is 12.1 Å². The molecule has 0 bridgehead atoms. The quantitative estimate of drug-likeness (QED) is 0.782. The van der Waals surface area contributed by atoms with Gasteiger partial charge in [0.05, 0.1) is 5.69 Å². The number of anilines is 1. The Bertz CT molecular complexity index is 627. The largest absolute Gasteiger partial charge is 0.480 e. The lowest BCUT2D eigenvalue weighted by atomic mass is 10.2. The summed E-state index contributed by atoms with van der Waals surface area (Å²) in [7, 11) is 0. The van der Waals surface area contributed by atoms with Crippen molar-refractivity contribution in [2.45, 2.75) is 19.4 Å².